The molecule has 1 heterocycles. The third-order valence-electron chi connectivity index (χ3n) is 2.44. The van der Waals surface area contributed by atoms with Crippen LogP contribution in [-0.2, 0) is 4.79 Å². The van der Waals surface area contributed by atoms with Crippen LogP contribution in [0.5, 0.6) is 0 Å². The van der Waals surface area contributed by atoms with Crippen LogP contribution < -0.4 is 16.1 Å². The molecule has 0 saturated carbocycles. The van der Waals surface area contributed by atoms with Crippen molar-refractivity contribution in [1.29, 1.82) is 0 Å². The lowest BCUT2D eigenvalue weighted by Gasteiger charge is -2.04. The summed E-state index contributed by atoms with van der Waals surface area (Å²) >= 11 is 13.2. The van der Waals surface area contributed by atoms with E-state index in [1.54, 1.807) is 29.8 Å². The highest BCUT2D eigenvalue weighted by Crippen LogP contribution is 2.21. The van der Waals surface area contributed by atoms with Crippen molar-refractivity contribution in [2.24, 2.45) is 5.10 Å². The van der Waals surface area contributed by atoms with Crippen molar-refractivity contribution in [2.45, 2.75) is 0 Å². The Bertz CT molecular complexity index is 701. The largest absolute Gasteiger partial charge is 0.329 e. The molecule has 0 aliphatic heterocycles. The molecule has 10 heteroatoms. The van der Waals surface area contributed by atoms with Crippen LogP contribution in [0.15, 0.2) is 34.9 Å². The van der Waals surface area contributed by atoms with E-state index in [4.69, 9.17) is 23.2 Å². The van der Waals surface area contributed by atoms with Gasteiger partial charge in [-0.2, -0.15) is 5.10 Å². The summed E-state index contributed by atoms with van der Waals surface area (Å²) in [5.41, 5.74) is 2.75. The van der Waals surface area contributed by atoms with Crippen molar-refractivity contribution >= 4 is 57.8 Å². The van der Waals surface area contributed by atoms with Crippen LogP contribution in [0.1, 0.15) is 5.56 Å². The maximum atomic E-state index is 11.6. The standard InChI is InChI=1S/C13H11Cl2N5O2S/c14-9-2-1-3-10(15)8(9)6-18-20-11(21)7-17-12(22)19-13-16-4-5-23-13/h1-6H,7H2,(H,20,21)(H2,16,17,19,22). The lowest BCUT2D eigenvalue weighted by Crippen LogP contribution is -2.37. The van der Waals surface area contributed by atoms with E-state index in [-0.39, 0.29) is 6.54 Å². The Morgan fingerprint density at radius 2 is 2.04 bits per heavy atom. The second kappa shape index (κ2) is 8.47. The number of carbonyl (C=O) groups is 2. The lowest BCUT2D eigenvalue weighted by molar-refractivity contribution is -0.120. The van der Waals surface area contributed by atoms with Gasteiger partial charge in [-0.15, -0.1) is 11.3 Å². The van der Waals surface area contributed by atoms with Gasteiger partial charge in [-0.05, 0) is 12.1 Å². The topological polar surface area (TPSA) is 95.5 Å². The number of nitrogens with zero attached hydrogens (tertiary/aromatic N) is 2. The summed E-state index contributed by atoms with van der Waals surface area (Å²) in [5.74, 6) is -0.501. The van der Waals surface area contributed by atoms with Gasteiger partial charge in [-0.1, -0.05) is 29.3 Å². The molecular weight excluding hydrogens is 361 g/mol. The van der Waals surface area contributed by atoms with E-state index in [2.05, 4.69) is 26.1 Å². The first-order chi connectivity index (χ1) is 11.1. The summed E-state index contributed by atoms with van der Waals surface area (Å²) < 4.78 is 0. The van der Waals surface area contributed by atoms with Crippen molar-refractivity contribution in [2.75, 3.05) is 11.9 Å². The fraction of sp³-hybridized carbons (Fsp3) is 0.0769. The zero-order valence-corrected chi connectivity index (χ0v) is 13.9. The van der Waals surface area contributed by atoms with E-state index in [0.717, 1.165) is 0 Å². The van der Waals surface area contributed by atoms with E-state index in [1.807, 2.05) is 0 Å². The minimum Gasteiger partial charge on any atom is -0.329 e. The SMILES string of the molecule is O=C(CNC(=O)Nc1nccs1)NN=Cc1c(Cl)cccc1Cl. The van der Waals surface area contributed by atoms with Gasteiger partial charge in [0.05, 0.1) is 16.3 Å². The highest BCUT2D eigenvalue weighted by atomic mass is 35.5. The number of benzene rings is 1. The Labute approximate surface area is 145 Å². The van der Waals surface area contributed by atoms with Gasteiger partial charge in [-0.3, -0.25) is 10.1 Å². The molecule has 2 rings (SSSR count). The number of hydrogen-bond acceptors (Lipinski definition) is 5. The first-order valence-electron chi connectivity index (χ1n) is 6.26. The summed E-state index contributed by atoms with van der Waals surface area (Å²) in [6.45, 7) is -0.245. The number of hydrogen-bond donors (Lipinski definition) is 3. The fourth-order valence-electron chi connectivity index (χ4n) is 1.43. The summed E-state index contributed by atoms with van der Waals surface area (Å²) in [6, 6.07) is 4.47. The number of rotatable bonds is 5. The number of thiazole rings is 1. The van der Waals surface area contributed by atoms with Crippen LogP contribution in [-0.4, -0.2) is 29.7 Å². The van der Waals surface area contributed by atoms with Crippen LogP contribution in [0.25, 0.3) is 0 Å². The molecule has 7 nitrogen and oxygen atoms in total. The predicted octanol–water partition coefficient (Wildman–Crippen LogP) is 2.72. The second-order valence-electron chi connectivity index (χ2n) is 4.07. The van der Waals surface area contributed by atoms with Gasteiger partial charge in [0.15, 0.2) is 5.13 Å². The molecule has 3 N–H and O–H groups in total. The lowest BCUT2D eigenvalue weighted by atomic mass is 10.2. The molecule has 0 spiro atoms. The third kappa shape index (κ3) is 5.51. The Kier molecular flexibility index (Phi) is 6.33. The summed E-state index contributed by atoms with van der Waals surface area (Å²) in [6.07, 6.45) is 2.89. The number of urea groups is 1. The zero-order valence-electron chi connectivity index (χ0n) is 11.5. The molecule has 120 valence electrons. The van der Waals surface area contributed by atoms with Crippen LogP contribution in [0.4, 0.5) is 9.93 Å². The summed E-state index contributed by atoms with van der Waals surface area (Å²) in [7, 11) is 0. The van der Waals surface area contributed by atoms with Gasteiger partial charge in [0, 0.05) is 17.1 Å². The number of carbonyl (C=O) groups excluding carboxylic acids is 2. The van der Waals surface area contributed by atoms with E-state index < -0.39 is 11.9 Å². The van der Waals surface area contributed by atoms with E-state index in [1.165, 1.54) is 17.6 Å². The highest BCUT2D eigenvalue weighted by Gasteiger charge is 2.06. The normalized spacial score (nSPS) is 10.5. The minimum absolute atomic E-state index is 0.245. The summed E-state index contributed by atoms with van der Waals surface area (Å²) in [5, 5.41) is 11.6. The molecule has 1 aromatic heterocycles. The molecule has 0 atom stereocenters. The monoisotopic (exact) mass is 371 g/mol. The number of anilines is 1. The highest BCUT2D eigenvalue weighted by molar-refractivity contribution is 7.13. The average molecular weight is 372 g/mol. The van der Waals surface area contributed by atoms with Crippen LogP contribution in [0.2, 0.25) is 10.0 Å². The molecule has 0 fully saturated rings. The molecule has 0 unspecified atom stereocenters. The number of nitrogens with one attached hydrogen (secondary N) is 3. The molecule has 0 radical (unpaired) electrons. The van der Waals surface area contributed by atoms with E-state index >= 15 is 0 Å². The van der Waals surface area contributed by atoms with Crippen molar-refractivity contribution in [1.82, 2.24) is 15.7 Å². The maximum Gasteiger partial charge on any atom is 0.321 e. The summed E-state index contributed by atoms with van der Waals surface area (Å²) in [4.78, 5) is 26.9. The molecule has 0 saturated heterocycles. The van der Waals surface area contributed by atoms with Gasteiger partial charge in [-0.25, -0.2) is 15.2 Å². The first-order valence-corrected chi connectivity index (χ1v) is 7.90. The number of amides is 3. The third-order valence-corrected chi connectivity index (χ3v) is 3.79. The van der Waals surface area contributed by atoms with Crippen LogP contribution >= 0.6 is 34.5 Å². The van der Waals surface area contributed by atoms with Crippen molar-refractivity contribution < 1.29 is 9.59 Å². The molecule has 1 aromatic carbocycles. The van der Waals surface area contributed by atoms with E-state index in [9.17, 15) is 9.59 Å². The Hall–Kier alpha value is -2.16. The predicted molar refractivity (Wildman–Crippen MR) is 91.3 cm³/mol. The smallest absolute Gasteiger partial charge is 0.321 e. The first kappa shape index (κ1) is 17.2. The van der Waals surface area contributed by atoms with Crippen molar-refractivity contribution in [3.05, 3.63) is 45.4 Å². The molecule has 23 heavy (non-hydrogen) atoms. The quantitative estimate of drug-likeness (QED) is 0.556. The van der Waals surface area contributed by atoms with Crippen molar-refractivity contribution in [3.63, 3.8) is 0 Å². The van der Waals surface area contributed by atoms with E-state index in [0.29, 0.717) is 20.7 Å². The van der Waals surface area contributed by atoms with Gasteiger partial charge in [0.2, 0.25) is 0 Å². The zero-order chi connectivity index (χ0) is 16.7. The Morgan fingerprint density at radius 1 is 1.30 bits per heavy atom. The fourth-order valence-corrected chi connectivity index (χ4v) is 2.45. The number of aromatic nitrogens is 1. The van der Waals surface area contributed by atoms with Crippen LogP contribution in [0.3, 0.4) is 0 Å². The van der Waals surface area contributed by atoms with Gasteiger partial charge >= 0.3 is 6.03 Å². The molecule has 0 aliphatic rings. The molecule has 0 bridgehead atoms. The molecule has 2 aromatic rings. The van der Waals surface area contributed by atoms with Gasteiger partial charge < -0.3 is 5.32 Å². The van der Waals surface area contributed by atoms with Gasteiger partial charge in [0.25, 0.3) is 5.91 Å². The average Bonchev–Trinajstić information content (AvgIpc) is 3.01. The number of hydrazone groups is 1. The van der Waals surface area contributed by atoms with Gasteiger partial charge in [0.1, 0.15) is 6.54 Å². The Balaban J connectivity index is 1.77. The second-order valence-corrected chi connectivity index (χ2v) is 5.78. The number of halogens is 2. The molecule has 0 aliphatic carbocycles. The molecule has 3 amide bonds. The Morgan fingerprint density at radius 3 is 2.70 bits per heavy atom. The van der Waals surface area contributed by atoms with Crippen LogP contribution in [0, 0.1) is 0 Å². The maximum absolute atomic E-state index is 11.6. The van der Waals surface area contributed by atoms with Crippen molar-refractivity contribution in [3.8, 4) is 0 Å². The minimum atomic E-state index is -0.534. The molecular formula is C13H11Cl2N5O2S.